The minimum Gasteiger partial charge on any atom is -0.326 e. The lowest BCUT2D eigenvalue weighted by Gasteiger charge is -2.15. The van der Waals surface area contributed by atoms with Crippen molar-refractivity contribution >= 4 is 34.4 Å². The fourth-order valence-corrected chi connectivity index (χ4v) is 3.82. The minimum atomic E-state index is -0.377. The summed E-state index contributed by atoms with van der Waals surface area (Å²) >= 11 is 1.43. The second kappa shape index (κ2) is 10.4. The van der Waals surface area contributed by atoms with Crippen molar-refractivity contribution in [2.75, 3.05) is 18.4 Å². The average molecular weight is 376 g/mol. The van der Waals surface area contributed by atoms with Crippen LogP contribution in [-0.4, -0.2) is 40.2 Å². The highest BCUT2D eigenvalue weighted by atomic mass is 32.2. The fourth-order valence-electron chi connectivity index (χ4n) is 2.63. The normalized spacial score (nSPS) is 18.6. The first-order valence-electron chi connectivity index (χ1n) is 9.44. The molecule has 1 fully saturated rings. The summed E-state index contributed by atoms with van der Waals surface area (Å²) in [6.07, 6.45) is 4.23. The van der Waals surface area contributed by atoms with Crippen LogP contribution in [0, 0.1) is 6.92 Å². The summed E-state index contributed by atoms with van der Waals surface area (Å²) in [5.41, 5.74) is 1.90. The van der Waals surface area contributed by atoms with E-state index in [4.69, 9.17) is 0 Å². The van der Waals surface area contributed by atoms with E-state index in [0.717, 1.165) is 48.6 Å². The number of carbonyl (C=O) groups excluding carboxylic acids is 2. The van der Waals surface area contributed by atoms with Gasteiger partial charge in [-0.15, -0.1) is 0 Å². The lowest BCUT2D eigenvalue weighted by atomic mass is 10.2. The number of unbranched alkanes of at least 4 members (excludes halogenated alkanes) is 2. The number of hydrogen-bond donors (Lipinski definition) is 1. The highest BCUT2D eigenvalue weighted by Crippen LogP contribution is 2.30. The molecular formula is C20H29N3O2S. The number of aryl methyl sites for hydroxylation is 1. The Bertz CT molecular complexity index is 643. The van der Waals surface area contributed by atoms with Crippen molar-refractivity contribution in [3.8, 4) is 0 Å². The highest BCUT2D eigenvalue weighted by molar-refractivity contribution is 8.15. The van der Waals surface area contributed by atoms with Crippen LogP contribution in [0.3, 0.4) is 0 Å². The Morgan fingerprint density at radius 3 is 2.54 bits per heavy atom. The van der Waals surface area contributed by atoms with Gasteiger partial charge in [-0.3, -0.25) is 19.5 Å². The maximum absolute atomic E-state index is 12.7. The van der Waals surface area contributed by atoms with Gasteiger partial charge in [-0.05, 0) is 31.9 Å². The van der Waals surface area contributed by atoms with Crippen molar-refractivity contribution in [3.63, 3.8) is 0 Å². The maximum Gasteiger partial charge on any atom is 0.242 e. The summed E-state index contributed by atoms with van der Waals surface area (Å²) < 4.78 is 0. The smallest absolute Gasteiger partial charge is 0.242 e. The molecule has 0 spiro atoms. The lowest BCUT2D eigenvalue weighted by molar-refractivity contribution is -0.128. The van der Waals surface area contributed by atoms with Crippen molar-refractivity contribution in [1.29, 1.82) is 0 Å². The number of carbonyl (C=O) groups is 2. The number of nitrogens with one attached hydrogen (secondary N) is 1. The summed E-state index contributed by atoms with van der Waals surface area (Å²) in [4.78, 5) is 31.5. The first-order chi connectivity index (χ1) is 12.5. The second-order valence-electron chi connectivity index (χ2n) is 6.59. The van der Waals surface area contributed by atoms with Gasteiger partial charge in [-0.25, -0.2) is 0 Å². The molecule has 2 amide bonds. The third kappa shape index (κ3) is 5.87. The Balaban J connectivity index is 1.98. The van der Waals surface area contributed by atoms with Crippen molar-refractivity contribution in [2.24, 2.45) is 4.99 Å². The average Bonchev–Trinajstić information content (AvgIpc) is 2.90. The van der Waals surface area contributed by atoms with E-state index in [-0.39, 0.29) is 23.5 Å². The molecule has 0 saturated carbocycles. The Hall–Kier alpha value is -1.82. The number of nitrogens with zero attached hydrogens (tertiary/aromatic N) is 2. The van der Waals surface area contributed by atoms with E-state index < -0.39 is 0 Å². The molecule has 0 aliphatic carbocycles. The molecule has 1 aliphatic rings. The molecule has 1 aromatic carbocycles. The van der Waals surface area contributed by atoms with Gasteiger partial charge in [-0.2, -0.15) is 0 Å². The largest absolute Gasteiger partial charge is 0.326 e. The Labute approximate surface area is 160 Å². The number of benzene rings is 1. The topological polar surface area (TPSA) is 61.8 Å². The highest BCUT2D eigenvalue weighted by Gasteiger charge is 2.38. The van der Waals surface area contributed by atoms with Gasteiger partial charge < -0.3 is 5.32 Å². The van der Waals surface area contributed by atoms with Crippen LogP contribution < -0.4 is 5.32 Å². The zero-order chi connectivity index (χ0) is 18.9. The number of amides is 2. The fraction of sp³-hybridized carbons (Fsp3) is 0.550. The molecule has 1 aromatic rings. The first kappa shape index (κ1) is 20.5. The quantitative estimate of drug-likeness (QED) is 0.657. The van der Waals surface area contributed by atoms with Crippen LogP contribution in [0.5, 0.6) is 0 Å². The van der Waals surface area contributed by atoms with Gasteiger partial charge in [0.15, 0.2) is 5.17 Å². The molecule has 1 atom stereocenters. The molecule has 6 heteroatoms. The molecule has 0 bridgehead atoms. The van der Waals surface area contributed by atoms with Crippen LogP contribution in [0.1, 0.15) is 51.5 Å². The lowest BCUT2D eigenvalue weighted by Crippen LogP contribution is -2.34. The van der Waals surface area contributed by atoms with Crippen LogP contribution >= 0.6 is 11.8 Å². The molecule has 26 heavy (non-hydrogen) atoms. The third-order valence-electron chi connectivity index (χ3n) is 4.22. The van der Waals surface area contributed by atoms with Crippen molar-refractivity contribution in [2.45, 2.75) is 58.1 Å². The molecule has 1 aliphatic heterocycles. The number of anilines is 1. The van der Waals surface area contributed by atoms with E-state index in [1.165, 1.54) is 11.8 Å². The van der Waals surface area contributed by atoms with Crippen LogP contribution in [0.25, 0.3) is 0 Å². The maximum atomic E-state index is 12.7. The van der Waals surface area contributed by atoms with Crippen LogP contribution in [-0.2, 0) is 9.59 Å². The van der Waals surface area contributed by atoms with Gasteiger partial charge in [0.2, 0.25) is 11.8 Å². The summed E-state index contributed by atoms with van der Waals surface area (Å²) in [6.45, 7) is 7.65. The predicted molar refractivity (Wildman–Crippen MR) is 110 cm³/mol. The van der Waals surface area contributed by atoms with Gasteiger partial charge in [-0.1, -0.05) is 56.1 Å². The zero-order valence-electron chi connectivity index (χ0n) is 16.0. The van der Waals surface area contributed by atoms with Crippen LogP contribution in [0.15, 0.2) is 29.3 Å². The van der Waals surface area contributed by atoms with E-state index in [1.54, 1.807) is 4.90 Å². The zero-order valence-corrected chi connectivity index (χ0v) is 16.8. The van der Waals surface area contributed by atoms with Crippen molar-refractivity contribution < 1.29 is 9.59 Å². The predicted octanol–water partition coefficient (Wildman–Crippen LogP) is 4.22. The molecule has 0 aromatic heterocycles. The SMILES string of the molecule is CCCCN=C1SC(CC(=O)Nc2ccc(C)cc2)C(=O)N1CCCC. The summed E-state index contributed by atoms with van der Waals surface area (Å²) in [5.74, 6) is -0.122. The number of thioether (sulfide) groups is 1. The molecule has 0 radical (unpaired) electrons. The number of aliphatic imine (C=N–C) groups is 1. The number of amidine groups is 1. The van der Waals surface area contributed by atoms with Gasteiger partial charge >= 0.3 is 0 Å². The summed E-state index contributed by atoms with van der Waals surface area (Å²) in [5, 5.41) is 3.28. The monoisotopic (exact) mass is 375 g/mol. The van der Waals surface area contributed by atoms with Crippen LogP contribution in [0.4, 0.5) is 5.69 Å². The van der Waals surface area contributed by atoms with E-state index in [0.29, 0.717) is 6.54 Å². The number of hydrogen-bond acceptors (Lipinski definition) is 4. The summed E-state index contributed by atoms with van der Waals surface area (Å²) in [7, 11) is 0. The van der Waals surface area contributed by atoms with Gasteiger partial charge in [0.05, 0.1) is 0 Å². The van der Waals surface area contributed by atoms with E-state index in [2.05, 4.69) is 24.2 Å². The van der Waals surface area contributed by atoms with E-state index >= 15 is 0 Å². The first-order valence-corrected chi connectivity index (χ1v) is 10.3. The summed E-state index contributed by atoms with van der Waals surface area (Å²) in [6, 6.07) is 7.66. The molecule has 1 saturated heterocycles. The molecule has 5 nitrogen and oxygen atoms in total. The molecular weight excluding hydrogens is 346 g/mol. The molecule has 142 valence electrons. The second-order valence-corrected chi connectivity index (χ2v) is 7.76. The van der Waals surface area contributed by atoms with E-state index in [1.807, 2.05) is 31.2 Å². The standard InChI is InChI=1S/C20H29N3O2S/c1-4-6-12-21-20-23(13-7-5-2)19(25)17(26-20)14-18(24)22-16-10-8-15(3)9-11-16/h8-11,17H,4-7,12-14H2,1-3H3,(H,22,24). The molecule has 1 N–H and O–H groups in total. The Kier molecular flexibility index (Phi) is 8.16. The van der Waals surface area contributed by atoms with Gasteiger partial charge in [0, 0.05) is 25.2 Å². The van der Waals surface area contributed by atoms with Gasteiger partial charge in [0.25, 0.3) is 0 Å². The minimum absolute atomic E-state index is 0.0118. The Morgan fingerprint density at radius 2 is 1.88 bits per heavy atom. The van der Waals surface area contributed by atoms with Crippen molar-refractivity contribution in [3.05, 3.63) is 29.8 Å². The third-order valence-corrected chi connectivity index (χ3v) is 5.43. The van der Waals surface area contributed by atoms with E-state index in [9.17, 15) is 9.59 Å². The van der Waals surface area contributed by atoms with Crippen molar-refractivity contribution in [1.82, 2.24) is 4.90 Å². The molecule has 2 rings (SSSR count). The molecule has 1 heterocycles. The van der Waals surface area contributed by atoms with Crippen LogP contribution in [0.2, 0.25) is 0 Å². The number of rotatable bonds is 9. The van der Waals surface area contributed by atoms with Gasteiger partial charge in [0.1, 0.15) is 5.25 Å². The Morgan fingerprint density at radius 1 is 1.19 bits per heavy atom. The molecule has 1 unspecified atom stereocenters.